The third kappa shape index (κ3) is 2.81. The molecule has 0 N–H and O–H groups in total. The van der Waals surface area contributed by atoms with Crippen LogP contribution in [0.15, 0.2) is 42.6 Å². The van der Waals surface area contributed by atoms with Crippen molar-refractivity contribution in [2.24, 2.45) is 0 Å². The molecular formula is C19H16ClNO3. The van der Waals surface area contributed by atoms with Crippen LogP contribution in [-0.2, 0) is 0 Å². The number of fused-ring (bicyclic) bond motifs is 1. The molecule has 4 nitrogen and oxygen atoms in total. The first-order chi connectivity index (χ1) is 11.5. The maximum Gasteiger partial charge on any atom is 0.194 e. The lowest BCUT2D eigenvalue weighted by atomic mass is 9.97. The van der Waals surface area contributed by atoms with Gasteiger partial charge < -0.3 is 9.47 Å². The van der Waals surface area contributed by atoms with Crippen LogP contribution in [0.2, 0.25) is 5.02 Å². The normalized spacial score (nSPS) is 10.7. The number of hydrogen-bond acceptors (Lipinski definition) is 4. The van der Waals surface area contributed by atoms with E-state index < -0.39 is 0 Å². The van der Waals surface area contributed by atoms with Crippen molar-refractivity contribution >= 4 is 28.3 Å². The Kier molecular flexibility index (Phi) is 4.40. The SMILES string of the molecule is COc1cc2ncc(C(=O)c3ccc(Cl)cc3)c(C)c2cc1OC. The largest absolute Gasteiger partial charge is 0.493 e. The Labute approximate surface area is 145 Å². The van der Waals surface area contributed by atoms with Gasteiger partial charge in [-0.05, 0) is 42.8 Å². The van der Waals surface area contributed by atoms with Crippen LogP contribution >= 0.6 is 11.6 Å². The summed E-state index contributed by atoms with van der Waals surface area (Å²) in [4.78, 5) is 17.2. The van der Waals surface area contributed by atoms with E-state index in [1.807, 2.05) is 13.0 Å². The molecule has 24 heavy (non-hydrogen) atoms. The average Bonchev–Trinajstić information content (AvgIpc) is 2.61. The molecule has 0 fully saturated rings. The van der Waals surface area contributed by atoms with E-state index in [9.17, 15) is 4.79 Å². The second-order valence-electron chi connectivity index (χ2n) is 5.36. The first-order valence-electron chi connectivity index (χ1n) is 7.36. The van der Waals surface area contributed by atoms with Gasteiger partial charge in [0.15, 0.2) is 17.3 Å². The summed E-state index contributed by atoms with van der Waals surface area (Å²) in [5.41, 5.74) is 2.72. The molecule has 3 rings (SSSR count). The van der Waals surface area contributed by atoms with Gasteiger partial charge in [-0.15, -0.1) is 0 Å². The minimum atomic E-state index is -0.0895. The highest BCUT2D eigenvalue weighted by molar-refractivity contribution is 6.30. The number of rotatable bonds is 4. The van der Waals surface area contributed by atoms with Crippen LogP contribution in [0, 0.1) is 6.92 Å². The summed E-state index contributed by atoms with van der Waals surface area (Å²) in [6.07, 6.45) is 1.60. The van der Waals surface area contributed by atoms with Crippen LogP contribution in [0.25, 0.3) is 10.9 Å². The standard InChI is InChI=1S/C19H16ClNO3/c1-11-14-8-17(23-2)18(24-3)9-16(14)21-10-15(11)19(22)12-4-6-13(20)7-5-12/h4-10H,1-3H3. The van der Waals surface area contributed by atoms with Crippen LogP contribution in [-0.4, -0.2) is 25.0 Å². The molecule has 0 bridgehead atoms. The van der Waals surface area contributed by atoms with Crippen LogP contribution in [0.1, 0.15) is 21.5 Å². The molecule has 0 unspecified atom stereocenters. The van der Waals surface area contributed by atoms with Gasteiger partial charge in [-0.2, -0.15) is 0 Å². The van der Waals surface area contributed by atoms with Crippen LogP contribution < -0.4 is 9.47 Å². The number of hydrogen-bond donors (Lipinski definition) is 0. The maximum absolute atomic E-state index is 12.8. The monoisotopic (exact) mass is 341 g/mol. The number of benzene rings is 2. The number of ketones is 1. The molecule has 5 heteroatoms. The molecule has 122 valence electrons. The predicted octanol–water partition coefficient (Wildman–Crippen LogP) is 4.44. The van der Waals surface area contributed by atoms with Crippen molar-refractivity contribution in [3.8, 4) is 11.5 Å². The maximum atomic E-state index is 12.8. The summed E-state index contributed by atoms with van der Waals surface area (Å²) in [5.74, 6) is 1.12. The number of ether oxygens (including phenoxy) is 2. The number of pyridine rings is 1. The molecule has 0 aliphatic rings. The van der Waals surface area contributed by atoms with E-state index in [0.29, 0.717) is 27.6 Å². The molecule has 0 aliphatic carbocycles. The highest BCUT2D eigenvalue weighted by Crippen LogP contribution is 2.33. The van der Waals surface area contributed by atoms with Crippen molar-refractivity contribution in [2.45, 2.75) is 6.92 Å². The zero-order valence-electron chi connectivity index (χ0n) is 13.6. The average molecular weight is 342 g/mol. The van der Waals surface area contributed by atoms with Gasteiger partial charge in [0, 0.05) is 33.8 Å². The Hall–Kier alpha value is -2.59. The lowest BCUT2D eigenvalue weighted by Crippen LogP contribution is -2.05. The Bertz CT molecular complexity index is 920. The molecule has 2 aromatic carbocycles. The number of halogens is 1. The van der Waals surface area contributed by atoms with Crippen molar-refractivity contribution in [1.82, 2.24) is 4.98 Å². The van der Waals surface area contributed by atoms with E-state index in [-0.39, 0.29) is 5.78 Å². The van der Waals surface area contributed by atoms with Crippen molar-refractivity contribution in [2.75, 3.05) is 14.2 Å². The Morgan fingerprint density at radius 2 is 1.67 bits per heavy atom. The molecule has 0 amide bonds. The number of aryl methyl sites for hydroxylation is 1. The Morgan fingerprint density at radius 1 is 1.04 bits per heavy atom. The summed E-state index contributed by atoms with van der Waals surface area (Å²) < 4.78 is 10.6. The van der Waals surface area contributed by atoms with Gasteiger partial charge in [0.25, 0.3) is 0 Å². The third-order valence-corrected chi connectivity index (χ3v) is 4.25. The zero-order valence-corrected chi connectivity index (χ0v) is 14.3. The fourth-order valence-electron chi connectivity index (χ4n) is 2.64. The topological polar surface area (TPSA) is 48.4 Å². The molecule has 1 aromatic heterocycles. The molecule has 0 aliphatic heterocycles. The summed E-state index contributed by atoms with van der Waals surface area (Å²) in [5, 5.41) is 1.45. The quantitative estimate of drug-likeness (QED) is 0.658. The van der Waals surface area contributed by atoms with Crippen molar-refractivity contribution in [3.63, 3.8) is 0 Å². The van der Waals surface area contributed by atoms with E-state index in [4.69, 9.17) is 21.1 Å². The van der Waals surface area contributed by atoms with E-state index in [2.05, 4.69) is 4.98 Å². The van der Waals surface area contributed by atoms with Gasteiger partial charge in [0.2, 0.25) is 0 Å². The number of carbonyl (C=O) groups excluding carboxylic acids is 1. The Balaban J connectivity index is 2.14. The molecule has 0 atom stereocenters. The Morgan fingerprint density at radius 3 is 2.29 bits per heavy atom. The van der Waals surface area contributed by atoms with Gasteiger partial charge in [-0.3, -0.25) is 9.78 Å². The minimum absolute atomic E-state index is 0.0895. The zero-order chi connectivity index (χ0) is 17.3. The summed E-state index contributed by atoms with van der Waals surface area (Å²) in [6, 6.07) is 10.5. The number of nitrogens with zero attached hydrogens (tertiary/aromatic N) is 1. The molecular weight excluding hydrogens is 326 g/mol. The minimum Gasteiger partial charge on any atom is -0.493 e. The predicted molar refractivity (Wildman–Crippen MR) is 94.5 cm³/mol. The summed E-state index contributed by atoms with van der Waals surface area (Å²) in [6.45, 7) is 1.90. The van der Waals surface area contributed by atoms with Crippen LogP contribution in [0.3, 0.4) is 0 Å². The molecule has 0 saturated heterocycles. The van der Waals surface area contributed by atoms with Gasteiger partial charge in [-0.1, -0.05) is 11.6 Å². The van der Waals surface area contributed by atoms with E-state index in [1.54, 1.807) is 50.7 Å². The summed E-state index contributed by atoms with van der Waals surface area (Å²) in [7, 11) is 3.16. The smallest absolute Gasteiger partial charge is 0.194 e. The number of carbonyl (C=O) groups is 1. The summed E-state index contributed by atoms with van der Waals surface area (Å²) >= 11 is 5.88. The van der Waals surface area contributed by atoms with E-state index in [1.165, 1.54) is 0 Å². The van der Waals surface area contributed by atoms with Gasteiger partial charge in [0.05, 0.1) is 19.7 Å². The van der Waals surface area contributed by atoms with Crippen molar-refractivity contribution < 1.29 is 14.3 Å². The fraction of sp³-hybridized carbons (Fsp3) is 0.158. The highest BCUT2D eigenvalue weighted by Gasteiger charge is 2.16. The number of aromatic nitrogens is 1. The molecule has 0 spiro atoms. The molecule has 3 aromatic rings. The first-order valence-corrected chi connectivity index (χ1v) is 7.74. The second kappa shape index (κ2) is 6.49. The van der Waals surface area contributed by atoms with Crippen molar-refractivity contribution in [1.29, 1.82) is 0 Å². The highest BCUT2D eigenvalue weighted by atomic mass is 35.5. The molecule has 0 saturated carbocycles. The lowest BCUT2D eigenvalue weighted by molar-refractivity contribution is 0.103. The third-order valence-electron chi connectivity index (χ3n) is 3.99. The van der Waals surface area contributed by atoms with Gasteiger partial charge >= 0.3 is 0 Å². The van der Waals surface area contributed by atoms with E-state index >= 15 is 0 Å². The fourth-order valence-corrected chi connectivity index (χ4v) is 2.76. The molecule has 0 radical (unpaired) electrons. The van der Waals surface area contributed by atoms with E-state index in [0.717, 1.165) is 16.5 Å². The second-order valence-corrected chi connectivity index (χ2v) is 5.79. The van der Waals surface area contributed by atoms with Crippen LogP contribution in [0.5, 0.6) is 11.5 Å². The molecule has 1 heterocycles. The number of methoxy groups -OCH3 is 2. The van der Waals surface area contributed by atoms with Gasteiger partial charge in [0.1, 0.15) is 0 Å². The lowest BCUT2D eigenvalue weighted by Gasteiger charge is -2.12. The van der Waals surface area contributed by atoms with Crippen molar-refractivity contribution in [3.05, 3.63) is 64.3 Å². The van der Waals surface area contributed by atoms with Gasteiger partial charge in [-0.25, -0.2) is 0 Å². The first kappa shape index (κ1) is 16.3. The van der Waals surface area contributed by atoms with Crippen LogP contribution in [0.4, 0.5) is 0 Å².